The van der Waals surface area contributed by atoms with Crippen molar-refractivity contribution in [1.29, 1.82) is 0 Å². The maximum atomic E-state index is 11.1. The molecule has 1 fully saturated rings. The Morgan fingerprint density at radius 1 is 1.44 bits per heavy atom. The Balaban J connectivity index is 2.02. The summed E-state index contributed by atoms with van der Waals surface area (Å²) in [6.07, 6.45) is 3.13. The second kappa shape index (κ2) is 7.02. The summed E-state index contributed by atoms with van der Waals surface area (Å²) in [5.74, 6) is -1.14. The molecule has 1 rings (SSSR count). The molecule has 1 heterocycles. The van der Waals surface area contributed by atoms with Crippen LogP contribution >= 0.6 is 0 Å². The number of hydrogen-bond acceptors (Lipinski definition) is 4. The summed E-state index contributed by atoms with van der Waals surface area (Å²) in [5.41, 5.74) is 1.97. The van der Waals surface area contributed by atoms with Gasteiger partial charge in [-0.2, -0.15) is 0 Å². The third-order valence-electron chi connectivity index (χ3n) is 2.12. The van der Waals surface area contributed by atoms with E-state index in [1.165, 1.54) is 0 Å². The van der Waals surface area contributed by atoms with Gasteiger partial charge >= 0.3 is 12.0 Å². The van der Waals surface area contributed by atoms with E-state index in [0.29, 0.717) is 6.54 Å². The van der Waals surface area contributed by atoms with Crippen LogP contribution in [0.2, 0.25) is 0 Å². The monoisotopic (exact) mass is 232 g/mol. The van der Waals surface area contributed by atoms with Crippen LogP contribution in [-0.4, -0.2) is 43.0 Å². The van der Waals surface area contributed by atoms with Gasteiger partial charge in [0.05, 0.1) is 6.10 Å². The Morgan fingerprint density at radius 2 is 2.25 bits per heavy atom. The molecule has 2 amide bonds. The predicted octanol–water partition coefficient (Wildman–Crippen LogP) is -0.129. The minimum absolute atomic E-state index is 0.0407. The summed E-state index contributed by atoms with van der Waals surface area (Å²) in [7, 11) is 0. The van der Waals surface area contributed by atoms with Gasteiger partial charge in [-0.05, 0) is 19.3 Å². The molecule has 3 N–H and O–H groups in total. The molecule has 1 unspecified atom stereocenters. The molecular weight excluding hydrogens is 216 g/mol. The number of carboxylic acids is 1. The highest BCUT2D eigenvalue weighted by molar-refractivity contribution is 5.73. The van der Waals surface area contributed by atoms with Gasteiger partial charge in [0.25, 0.3) is 0 Å². The normalized spacial score (nSPS) is 20.1. The summed E-state index contributed by atoms with van der Waals surface area (Å²) in [6.45, 7) is 0.569. The van der Waals surface area contributed by atoms with E-state index in [0.717, 1.165) is 25.9 Å². The first-order valence-electron chi connectivity index (χ1n) is 5.17. The number of amides is 2. The summed E-state index contributed by atoms with van der Waals surface area (Å²) in [6, 6.07) is -0.560. The van der Waals surface area contributed by atoms with E-state index in [1.807, 2.05) is 5.48 Å². The lowest BCUT2D eigenvalue weighted by atomic mass is 10.1. The van der Waals surface area contributed by atoms with E-state index in [1.54, 1.807) is 0 Å². The highest BCUT2D eigenvalue weighted by Crippen LogP contribution is 2.11. The van der Waals surface area contributed by atoms with Gasteiger partial charge in [-0.1, -0.05) is 0 Å². The van der Waals surface area contributed by atoms with Gasteiger partial charge in [0.2, 0.25) is 0 Å². The lowest BCUT2D eigenvalue weighted by molar-refractivity contribution is -0.144. The van der Waals surface area contributed by atoms with Gasteiger partial charge < -0.3 is 15.2 Å². The number of carboxylic acid groups (broad SMARTS) is 1. The highest BCUT2D eigenvalue weighted by atomic mass is 16.7. The van der Waals surface area contributed by atoms with E-state index >= 15 is 0 Å². The first-order chi connectivity index (χ1) is 7.68. The van der Waals surface area contributed by atoms with E-state index in [2.05, 4.69) is 10.2 Å². The van der Waals surface area contributed by atoms with Gasteiger partial charge in [-0.15, -0.1) is 0 Å². The molecule has 1 aliphatic rings. The van der Waals surface area contributed by atoms with Crippen LogP contribution in [0.5, 0.6) is 0 Å². The van der Waals surface area contributed by atoms with Crippen LogP contribution < -0.4 is 10.8 Å². The molecule has 0 spiro atoms. The number of hydroxylamine groups is 1. The zero-order valence-electron chi connectivity index (χ0n) is 8.90. The molecule has 0 bridgehead atoms. The van der Waals surface area contributed by atoms with E-state index in [-0.39, 0.29) is 6.10 Å². The Bertz CT molecular complexity index is 240. The third-order valence-corrected chi connectivity index (χ3v) is 2.12. The minimum atomic E-state index is -1.14. The molecule has 16 heavy (non-hydrogen) atoms. The molecule has 0 radical (unpaired) electrons. The van der Waals surface area contributed by atoms with Crippen LogP contribution in [0.3, 0.4) is 0 Å². The number of ether oxygens (including phenoxy) is 1. The van der Waals surface area contributed by atoms with Crippen molar-refractivity contribution >= 4 is 12.0 Å². The molecule has 1 saturated heterocycles. The molecule has 1 atom stereocenters. The Labute approximate surface area is 93.1 Å². The average molecular weight is 232 g/mol. The maximum absolute atomic E-state index is 11.1. The average Bonchev–Trinajstić information content (AvgIpc) is 2.27. The number of nitrogens with one attached hydrogen (secondary N) is 2. The van der Waals surface area contributed by atoms with Crippen LogP contribution in [0.25, 0.3) is 0 Å². The number of aliphatic carboxylic acids is 1. The van der Waals surface area contributed by atoms with Crippen molar-refractivity contribution in [3.8, 4) is 0 Å². The van der Waals surface area contributed by atoms with Gasteiger partial charge in [-0.3, -0.25) is 4.84 Å². The van der Waals surface area contributed by atoms with E-state index in [4.69, 9.17) is 9.84 Å². The van der Waals surface area contributed by atoms with Crippen LogP contribution in [0, 0.1) is 0 Å². The fraction of sp³-hybridized carbons (Fsp3) is 0.778. The molecule has 1 aliphatic heterocycles. The third kappa shape index (κ3) is 5.52. The fourth-order valence-electron chi connectivity index (χ4n) is 1.37. The van der Waals surface area contributed by atoms with Gasteiger partial charge in [0.1, 0.15) is 0 Å². The van der Waals surface area contributed by atoms with Crippen LogP contribution in [0.15, 0.2) is 0 Å². The fourth-order valence-corrected chi connectivity index (χ4v) is 1.37. The predicted molar refractivity (Wildman–Crippen MR) is 53.7 cm³/mol. The number of carbonyl (C=O) groups is 2. The summed E-state index contributed by atoms with van der Waals surface area (Å²) in [4.78, 5) is 25.5. The second-order valence-electron chi connectivity index (χ2n) is 3.48. The van der Waals surface area contributed by atoms with Crippen molar-refractivity contribution in [2.75, 3.05) is 19.8 Å². The van der Waals surface area contributed by atoms with Crippen LogP contribution in [-0.2, 0) is 14.4 Å². The highest BCUT2D eigenvalue weighted by Gasteiger charge is 2.14. The smallest absolute Gasteiger partial charge is 0.338 e. The van der Waals surface area contributed by atoms with Crippen molar-refractivity contribution in [3.63, 3.8) is 0 Å². The van der Waals surface area contributed by atoms with Crippen LogP contribution in [0.1, 0.15) is 19.3 Å². The number of rotatable bonds is 5. The van der Waals surface area contributed by atoms with Crippen molar-refractivity contribution in [3.05, 3.63) is 0 Å². The molecule has 0 aromatic rings. The van der Waals surface area contributed by atoms with Crippen molar-refractivity contribution in [1.82, 2.24) is 10.8 Å². The van der Waals surface area contributed by atoms with Crippen molar-refractivity contribution in [2.45, 2.75) is 25.4 Å². The number of carbonyl (C=O) groups excluding carboxylic acids is 1. The Morgan fingerprint density at radius 3 is 2.88 bits per heavy atom. The van der Waals surface area contributed by atoms with Crippen molar-refractivity contribution < 1.29 is 24.3 Å². The van der Waals surface area contributed by atoms with Crippen molar-refractivity contribution in [2.24, 2.45) is 0 Å². The molecule has 7 nitrogen and oxygen atoms in total. The van der Waals surface area contributed by atoms with E-state index < -0.39 is 18.6 Å². The van der Waals surface area contributed by atoms with Crippen LogP contribution in [0.4, 0.5) is 4.79 Å². The van der Waals surface area contributed by atoms with Gasteiger partial charge in [-0.25, -0.2) is 15.1 Å². The van der Waals surface area contributed by atoms with E-state index in [9.17, 15) is 9.59 Å². The first kappa shape index (κ1) is 12.7. The topological polar surface area (TPSA) is 96.9 Å². The second-order valence-corrected chi connectivity index (χ2v) is 3.48. The maximum Gasteiger partial charge on any atom is 0.338 e. The zero-order valence-corrected chi connectivity index (χ0v) is 8.90. The number of urea groups is 1. The van der Waals surface area contributed by atoms with Gasteiger partial charge in [0.15, 0.2) is 6.61 Å². The summed E-state index contributed by atoms with van der Waals surface area (Å²) < 4.78 is 5.39. The quantitative estimate of drug-likeness (QED) is 0.574. The minimum Gasteiger partial charge on any atom is -0.479 e. The zero-order chi connectivity index (χ0) is 11.8. The molecule has 7 heteroatoms. The Kier molecular flexibility index (Phi) is 5.58. The SMILES string of the molecule is O=C(O)CONC(=O)NCC1CCCCO1. The first-order valence-corrected chi connectivity index (χ1v) is 5.17. The Hall–Kier alpha value is -1.34. The molecule has 0 aliphatic carbocycles. The summed E-state index contributed by atoms with van der Waals surface area (Å²) in [5, 5.41) is 10.8. The van der Waals surface area contributed by atoms with Gasteiger partial charge in [0, 0.05) is 13.2 Å². The standard InChI is InChI=1S/C9H16N2O5/c12-8(13)6-16-11-9(14)10-5-7-3-1-2-4-15-7/h7H,1-6H2,(H,12,13)(H2,10,11,14). The molecular formula is C9H16N2O5. The molecule has 0 saturated carbocycles. The molecule has 92 valence electrons. The lowest BCUT2D eigenvalue weighted by Gasteiger charge is -2.22. The molecule has 0 aromatic heterocycles. The largest absolute Gasteiger partial charge is 0.479 e. The lowest BCUT2D eigenvalue weighted by Crippen LogP contribution is -2.41. The molecule has 0 aromatic carbocycles. The number of hydrogen-bond donors (Lipinski definition) is 3. The summed E-state index contributed by atoms with van der Waals surface area (Å²) >= 11 is 0.